The summed E-state index contributed by atoms with van der Waals surface area (Å²) in [6.07, 6.45) is 0. The molecule has 1 amide bonds. The second kappa shape index (κ2) is 7.85. The lowest BCUT2D eigenvalue weighted by Crippen LogP contribution is -2.17. The summed E-state index contributed by atoms with van der Waals surface area (Å²) < 4.78 is 62.3. The first-order chi connectivity index (χ1) is 12.7. The third-order valence-electron chi connectivity index (χ3n) is 3.38. The van der Waals surface area contributed by atoms with Gasteiger partial charge in [0.1, 0.15) is 0 Å². The van der Waals surface area contributed by atoms with Crippen molar-refractivity contribution < 1.29 is 41.4 Å². The molecule has 1 N–H and O–H groups in total. The van der Waals surface area contributed by atoms with Crippen LogP contribution in [0.1, 0.15) is 31.1 Å². The molecule has 0 aromatic heterocycles. The van der Waals surface area contributed by atoms with Crippen LogP contribution < -0.4 is 5.32 Å². The molecule has 2 aromatic carbocycles. The Morgan fingerprint density at radius 2 is 1.30 bits per heavy atom. The molecular weight excluding hydrogens is 374 g/mol. The first kappa shape index (κ1) is 19.9. The number of hydrogen-bond donors (Lipinski definition) is 1. The first-order valence-electron chi connectivity index (χ1n) is 7.15. The molecule has 0 saturated heterocycles. The minimum atomic E-state index is -2.15. The minimum Gasteiger partial charge on any atom is -0.465 e. The van der Waals surface area contributed by atoms with Crippen molar-refractivity contribution in [2.75, 3.05) is 19.5 Å². The minimum absolute atomic E-state index is 0.160. The van der Waals surface area contributed by atoms with Crippen LogP contribution in [0, 0.1) is 23.3 Å². The van der Waals surface area contributed by atoms with Crippen molar-refractivity contribution in [1.29, 1.82) is 0 Å². The van der Waals surface area contributed by atoms with E-state index in [1.54, 1.807) is 0 Å². The van der Waals surface area contributed by atoms with Crippen LogP contribution in [0.3, 0.4) is 0 Å². The molecule has 0 radical (unpaired) electrons. The van der Waals surface area contributed by atoms with E-state index >= 15 is 0 Å². The zero-order chi connectivity index (χ0) is 20.3. The average Bonchev–Trinajstić information content (AvgIpc) is 2.67. The van der Waals surface area contributed by atoms with E-state index in [2.05, 4.69) is 14.8 Å². The fraction of sp³-hybridized carbons (Fsp3) is 0.118. The highest BCUT2D eigenvalue weighted by Gasteiger charge is 2.24. The van der Waals surface area contributed by atoms with E-state index in [1.165, 1.54) is 0 Å². The predicted octanol–water partition coefficient (Wildman–Crippen LogP) is 3.07. The fourth-order valence-electron chi connectivity index (χ4n) is 2.11. The molecule has 0 aliphatic carbocycles. The van der Waals surface area contributed by atoms with Crippen molar-refractivity contribution in [1.82, 2.24) is 0 Å². The van der Waals surface area contributed by atoms with Gasteiger partial charge in [0.15, 0.2) is 23.3 Å². The van der Waals surface area contributed by atoms with Crippen LogP contribution in [0.25, 0.3) is 0 Å². The molecule has 6 nitrogen and oxygen atoms in total. The number of halogens is 4. The Morgan fingerprint density at radius 3 is 1.78 bits per heavy atom. The van der Waals surface area contributed by atoms with Crippen molar-refractivity contribution in [2.24, 2.45) is 0 Å². The Labute approximate surface area is 149 Å². The maximum atomic E-state index is 13.7. The lowest BCUT2D eigenvalue weighted by atomic mass is 10.1. The van der Waals surface area contributed by atoms with Crippen LogP contribution in [-0.2, 0) is 9.47 Å². The zero-order valence-electron chi connectivity index (χ0n) is 13.9. The van der Waals surface area contributed by atoms with Gasteiger partial charge in [-0.25, -0.2) is 27.2 Å². The van der Waals surface area contributed by atoms with Gasteiger partial charge in [-0.15, -0.1) is 0 Å². The average molecular weight is 385 g/mol. The van der Waals surface area contributed by atoms with E-state index in [4.69, 9.17) is 0 Å². The van der Waals surface area contributed by atoms with Gasteiger partial charge in [0.25, 0.3) is 5.91 Å². The Hall–Kier alpha value is -3.43. The molecule has 0 bridgehead atoms. The standard InChI is InChI=1S/C17H11F4NO5/c1-26-16(24)7-3-8(17(25)27-2)5-9(4-7)22-15(23)10-6-11(18)13(20)14(21)12(10)19/h3-6H,1-2H3,(H,22,23). The lowest BCUT2D eigenvalue weighted by molar-refractivity contribution is 0.0599. The molecule has 0 saturated carbocycles. The number of nitrogens with one attached hydrogen (secondary N) is 1. The van der Waals surface area contributed by atoms with E-state index in [1.807, 2.05) is 0 Å². The maximum absolute atomic E-state index is 13.7. The number of benzene rings is 2. The van der Waals surface area contributed by atoms with E-state index in [0.29, 0.717) is 0 Å². The number of methoxy groups -OCH3 is 2. The van der Waals surface area contributed by atoms with Crippen LogP contribution in [0.5, 0.6) is 0 Å². The van der Waals surface area contributed by atoms with Crippen LogP contribution in [0.15, 0.2) is 24.3 Å². The monoisotopic (exact) mass is 385 g/mol. The topological polar surface area (TPSA) is 81.7 Å². The smallest absolute Gasteiger partial charge is 0.337 e. The van der Waals surface area contributed by atoms with E-state index in [9.17, 15) is 31.9 Å². The van der Waals surface area contributed by atoms with E-state index < -0.39 is 46.7 Å². The summed E-state index contributed by atoms with van der Waals surface area (Å²) >= 11 is 0. The van der Waals surface area contributed by atoms with Gasteiger partial charge in [0.2, 0.25) is 0 Å². The van der Waals surface area contributed by atoms with Gasteiger partial charge in [-0.1, -0.05) is 0 Å². The Balaban J connectivity index is 2.46. The molecule has 2 rings (SSSR count). The molecule has 0 atom stereocenters. The number of ether oxygens (including phenoxy) is 2. The Morgan fingerprint density at radius 1 is 0.778 bits per heavy atom. The van der Waals surface area contributed by atoms with Crippen molar-refractivity contribution >= 4 is 23.5 Å². The van der Waals surface area contributed by atoms with Crippen molar-refractivity contribution in [2.45, 2.75) is 0 Å². The summed E-state index contributed by atoms with van der Waals surface area (Å²) in [5.41, 5.74) is -1.64. The molecule has 0 aliphatic rings. The van der Waals surface area contributed by atoms with Crippen molar-refractivity contribution in [3.8, 4) is 0 Å². The van der Waals surface area contributed by atoms with Crippen LogP contribution in [0.4, 0.5) is 23.2 Å². The van der Waals surface area contributed by atoms with Crippen molar-refractivity contribution in [3.63, 3.8) is 0 Å². The molecule has 27 heavy (non-hydrogen) atoms. The van der Waals surface area contributed by atoms with Gasteiger partial charge in [0.05, 0.1) is 30.9 Å². The van der Waals surface area contributed by atoms with Crippen LogP contribution in [0.2, 0.25) is 0 Å². The van der Waals surface area contributed by atoms with Crippen molar-refractivity contribution in [3.05, 3.63) is 64.2 Å². The van der Waals surface area contributed by atoms with E-state index in [-0.39, 0.29) is 22.9 Å². The molecule has 0 spiro atoms. The van der Waals surface area contributed by atoms with Gasteiger partial charge < -0.3 is 14.8 Å². The SMILES string of the molecule is COC(=O)c1cc(NC(=O)c2cc(F)c(F)c(F)c2F)cc(C(=O)OC)c1. The molecule has 0 fully saturated rings. The molecule has 2 aromatic rings. The quantitative estimate of drug-likeness (QED) is 0.379. The van der Waals surface area contributed by atoms with Crippen LogP contribution >= 0.6 is 0 Å². The second-order valence-electron chi connectivity index (χ2n) is 5.08. The summed E-state index contributed by atoms with van der Waals surface area (Å²) in [6, 6.07) is 3.44. The normalized spacial score (nSPS) is 10.3. The predicted molar refractivity (Wildman–Crippen MR) is 83.3 cm³/mol. The lowest BCUT2D eigenvalue weighted by Gasteiger charge is -2.10. The van der Waals surface area contributed by atoms with Gasteiger partial charge >= 0.3 is 11.9 Å². The highest BCUT2D eigenvalue weighted by atomic mass is 19.2. The Bertz CT molecular complexity index is 911. The van der Waals surface area contributed by atoms with Gasteiger partial charge in [-0.3, -0.25) is 4.79 Å². The second-order valence-corrected chi connectivity index (χ2v) is 5.08. The highest BCUT2D eigenvalue weighted by Crippen LogP contribution is 2.22. The third kappa shape index (κ3) is 4.05. The van der Waals surface area contributed by atoms with Gasteiger partial charge in [0, 0.05) is 5.69 Å². The molecule has 142 valence electrons. The summed E-state index contributed by atoms with van der Waals surface area (Å²) in [6.45, 7) is 0. The van der Waals surface area contributed by atoms with E-state index in [0.717, 1.165) is 32.4 Å². The third-order valence-corrected chi connectivity index (χ3v) is 3.38. The van der Waals surface area contributed by atoms with Gasteiger partial charge in [-0.2, -0.15) is 0 Å². The number of carbonyl (C=O) groups is 3. The summed E-state index contributed by atoms with van der Waals surface area (Å²) in [4.78, 5) is 35.5. The number of esters is 2. The number of amides is 1. The molecule has 10 heteroatoms. The maximum Gasteiger partial charge on any atom is 0.337 e. The summed E-state index contributed by atoms with van der Waals surface area (Å²) in [7, 11) is 2.15. The molecular formula is C17H11F4NO5. The molecule has 0 unspecified atom stereocenters. The highest BCUT2D eigenvalue weighted by molar-refractivity contribution is 6.06. The summed E-state index contributed by atoms with van der Waals surface area (Å²) in [5, 5.41) is 2.06. The molecule has 0 heterocycles. The zero-order valence-corrected chi connectivity index (χ0v) is 13.9. The number of rotatable bonds is 4. The van der Waals surface area contributed by atoms with Gasteiger partial charge in [-0.05, 0) is 24.3 Å². The Kier molecular flexibility index (Phi) is 5.78. The fourth-order valence-corrected chi connectivity index (χ4v) is 2.11. The molecule has 0 aliphatic heterocycles. The largest absolute Gasteiger partial charge is 0.465 e. The number of hydrogen-bond acceptors (Lipinski definition) is 5. The van der Waals surface area contributed by atoms with Crippen LogP contribution in [-0.4, -0.2) is 32.1 Å². The number of anilines is 1. The first-order valence-corrected chi connectivity index (χ1v) is 7.15. The number of carbonyl (C=O) groups excluding carboxylic acids is 3. The summed E-state index contributed by atoms with van der Waals surface area (Å²) in [5.74, 6) is -10.9.